The third-order valence-corrected chi connectivity index (χ3v) is 40.9. The standard InChI is InChI=1S/C20H32O2.C19H32O2.2C16H26O3.C13H18O5.C13H24O2.C10H16O4.C8H14O4.C6H12O2/c1-5-19(3,4)18(21)22-20(6-2)11-14-10-15(20)17-13-8-7-12(9-13)16(14)17;1-6-17(2,3)16(20)21-18(4,5)19-10-13-7-14(11-19)9-15(8-13)12-19;2*1-4-14(2,3)13(17)19-16-8-11-5-12(9-16)7-15(18,6-11)10-16;1-4-13(2,3)12(15)18-9-7-5-6-8(16-7)10(9)17-11(6)14;1-5-12(3,4)11(14)15-13(6-2)9-7-8-10-13;1-4-10(2,3)9(12)14-7-5-6-13-8(7)11;1-4-8(2,3)7(11)12-5-6(9)10;1-4-6(2,3)5(7)8/h12-17H,5-11H2,1-4H3;13-15H,6-12H2,1-5H3;2*11-12,18H,4-10H2,1-3H3;6-10H,4-5H2,1-3H3;5-10H2,1-4H3;7H,4-6H2,1-3H3;4-5H2,1-3H3,(H,9,10);4H2,1-3H3,(H,7,8). The van der Waals surface area contributed by atoms with Crippen molar-refractivity contribution in [3.8, 4) is 0 Å². The number of hydrogen-bond acceptors (Lipinski definition) is 25. The Kier molecular flexibility index (Phi) is 39.1. The summed E-state index contributed by atoms with van der Waals surface area (Å²) < 4.78 is 60.9. The molecule has 27 nitrogen and oxygen atoms in total. The van der Waals surface area contributed by atoms with Gasteiger partial charge in [-0.1, -0.05) is 76.2 Å². The van der Waals surface area contributed by atoms with Crippen LogP contribution in [0.5, 0.6) is 0 Å². The van der Waals surface area contributed by atoms with Crippen molar-refractivity contribution >= 4 is 71.6 Å². The van der Waals surface area contributed by atoms with E-state index in [0.717, 1.165) is 163 Å². The highest BCUT2D eigenvalue weighted by Crippen LogP contribution is 2.72. The molecule has 4 saturated heterocycles. The van der Waals surface area contributed by atoms with E-state index in [0.29, 0.717) is 87.6 Å². The summed E-state index contributed by atoms with van der Waals surface area (Å²) in [5, 5.41) is 38.0. The molecule has 846 valence electrons. The first-order valence-corrected chi connectivity index (χ1v) is 58.1. The van der Waals surface area contributed by atoms with E-state index >= 15 is 0 Å². The van der Waals surface area contributed by atoms with Crippen LogP contribution >= 0.6 is 0 Å². The Bertz CT molecular complexity index is 4480. The molecule has 21 aliphatic rings. The number of carboxylic acid groups (broad SMARTS) is 2. The van der Waals surface area contributed by atoms with E-state index < -0.39 is 92.5 Å². The van der Waals surface area contributed by atoms with Crippen LogP contribution in [-0.2, 0) is 110 Å². The number of ether oxygens (including phenoxy) is 11. The average Bonchev–Trinajstić information content (AvgIpc) is 1.53. The third-order valence-electron chi connectivity index (χ3n) is 40.9. The number of hydrogen-bond donors (Lipinski definition) is 4. The number of carbonyl (C=O) groups excluding carboxylic acids is 10. The molecule has 0 spiro atoms. The molecule has 0 aromatic rings. The Morgan fingerprint density at radius 1 is 0.372 bits per heavy atom. The van der Waals surface area contributed by atoms with Crippen molar-refractivity contribution in [3.63, 3.8) is 0 Å². The van der Waals surface area contributed by atoms with Crippen molar-refractivity contribution in [1.82, 2.24) is 0 Å². The van der Waals surface area contributed by atoms with Gasteiger partial charge in [0.15, 0.2) is 18.8 Å². The number of carboxylic acids is 2. The van der Waals surface area contributed by atoms with Crippen LogP contribution in [0.25, 0.3) is 0 Å². The molecule has 4 aliphatic heterocycles. The van der Waals surface area contributed by atoms with Crippen molar-refractivity contribution in [3.05, 3.63) is 0 Å². The van der Waals surface area contributed by atoms with E-state index in [1.54, 1.807) is 41.5 Å². The molecule has 21 rings (SSSR count). The summed E-state index contributed by atoms with van der Waals surface area (Å²) in [5.41, 5.74) is -6.16. The summed E-state index contributed by atoms with van der Waals surface area (Å²) >= 11 is 0. The van der Waals surface area contributed by atoms with Crippen molar-refractivity contribution in [2.75, 3.05) is 13.2 Å². The van der Waals surface area contributed by atoms with Crippen molar-refractivity contribution < 1.29 is 130 Å². The zero-order valence-electron chi connectivity index (χ0n) is 97.3. The van der Waals surface area contributed by atoms with Gasteiger partial charge in [0.05, 0.1) is 78.6 Å². The molecule has 4 N–H and O–H groups in total. The molecular formula is C121H200O27. The first kappa shape index (κ1) is 123. The maximum Gasteiger partial charge on any atom is 0.347 e. The Balaban J connectivity index is 0.000000172. The minimum atomic E-state index is -1.13. The number of fused-ring (bicyclic) bond motifs is 10. The molecule has 18 bridgehead atoms. The number of carbonyl (C=O) groups is 12. The maximum absolute atomic E-state index is 12.7. The Hall–Kier alpha value is -6.48. The average molecular weight is 2090 g/mol. The molecular weight excluding hydrogens is 1890 g/mol. The van der Waals surface area contributed by atoms with Gasteiger partial charge in [-0.3, -0.25) is 47.9 Å². The van der Waals surface area contributed by atoms with Crippen LogP contribution in [0.15, 0.2) is 0 Å². The van der Waals surface area contributed by atoms with E-state index in [1.807, 2.05) is 132 Å². The summed E-state index contributed by atoms with van der Waals surface area (Å²) in [7, 11) is 0. The number of aliphatic carboxylic acids is 2. The monoisotopic (exact) mass is 2090 g/mol. The predicted octanol–water partition coefficient (Wildman–Crippen LogP) is 24.5. The Morgan fingerprint density at radius 2 is 0.757 bits per heavy atom. The lowest BCUT2D eigenvalue weighted by atomic mass is 9.46. The third kappa shape index (κ3) is 27.9. The van der Waals surface area contributed by atoms with Crippen LogP contribution < -0.4 is 0 Å². The highest BCUT2D eigenvalue weighted by Gasteiger charge is 2.70. The van der Waals surface area contributed by atoms with Crippen LogP contribution in [0.3, 0.4) is 0 Å². The molecule has 17 atom stereocenters. The van der Waals surface area contributed by atoms with E-state index in [1.165, 1.54) is 89.9 Å². The molecule has 0 aromatic carbocycles. The van der Waals surface area contributed by atoms with Crippen LogP contribution in [0.4, 0.5) is 0 Å². The molecule has 4 heterocycles. The van der Waals surface area contributed by atoms with Gasteiger partial charge >= 0.3 is 71.6 Å². The number of esters is 10. The van der Waals surface area contributed by atoms with Crippen LogP contribution in [0.2, 0.25) is 0 Å². The van der Waals surface area contributed by atoms with E-state index in [4.69, 9.17) is 57.6 Å². The van der Waals surface area contributed by atoms with Crippen LogP contribution in [-0.4, -0.2) is 175 Å². The normalized spacial score (nSPS) is 34.8. The second kappa shape index (κ2) is 46.9. The van der Waals surface area contributed by atoms with Gasteiger partial charge in [0.2, 0.25) is 6.10 Å². The minimum absolute atomic E-state index is 0.00857. The molecule has 27 heteroatoms. The van der Waals surface area contributed by atoms with Crippen molar-refractivity contribution in [2.45, 2.75) is 541 Å². The lowest BCUT2D eigenvalue weighted by molar-refractivity contribution is -0.226. The molecule has 17 aliphatic carbocycles. The quantitative estimate of drug-likeness (QED) is 0.0295. The fraction of sp³-hybridized carbons (Fsp3) is 0.901. The first-order valence-electron chi connectivity index (χ1n) is 58.1. The molecule has 17 saturated carbocycles. The second-order valence-electron chi connectivity index (χ2n) is 55.9. The molecule has 0 amide bonds. The van der Waals surface area contributed by atoms with Gasteiger partial charge in [-0.25, -0.2) is 9.59 Å². The fourth-order valence-corrected chi connectivity index (χ4v) is 28.2. The van der Waals surface area contributed by atoms with Crippen LogP contribution in [0, 0.1) is 137 Å². The lowest BCUT2D eigenvalue weighted by Crippen LogP contribution is -2.61. The van der Waals surface area contributed by atoms with Gasteiger partial charge in [-0.15, -0.1) is 0 Å². The van der Waals surface area contributed by atoms with Crippen LogP contribution in [0.1, 0.15) is 471 Å². The largest absolute Gasteiger partial charge is 0.481 e. The molecule has 21 fully saturated rings. The van der Waals surface area contributed by atoms with E-state index in [-0.39, 0.29) is 116 Å². The SMILES string of the molecule is CCC(C)(C)C(=O)O.CCC(C)(C)C(=O)OC(C)(C)C12CC3CC(CC(C3)C1)C2.CCC(C)(C)C(=O)OC1(CC)CC2CC1C1C3CCC(C3)C21.CCC(C)(C)C(=O)OC12CC3CC(CC(O)(C3)C1)C2.CCC(C)(C)C(=O)OC12CC3CC(CC(O)(C3)C1)C2.CCC(C)(C)C(=O)OC1C2CC3C(=O)OC1C3O2.CCC(C)(C)C(=O)OC1CCOC1=O.CCC(C)(C)C(=O)OCC(=O)O.CCC1(OC(=O)C(C)(C)CC)CCCC1. The topological polar surface area (TPSA) is 387 Å². The number of aliphatic hydroxyl groups is 2. The summed E-state index contributed by atoms with van der Waals surface area (Å²) in [6.07, 6.45) is 38.9. The summed E-state index contributed by atoms with van der Waals surface area (Å²) in [4.78, 5) is 140. The molecule has 0 radical (unpaired) electrons. The molecule has 148 heavy (non-hydrogen) atoms. The van der Waals surface area contributed by atoms with E-state index in [2.05, 4.69) is 46.3 Å². The second-order valence-corrected chi connectivity index (χ2v) is 55.9. The first-order chi connectivity index (χ1) is 68.4. The van der Waals surface area contributed by atoms with Crippen molar-refractivity contribution in [2.24, 2.45) is 137 Å². The zero-order chi connectivity index (χ0) is 111. The summed E-state index contributed by atoms with van der Waals surface area (Å²) in [6, 6.07) is 0. The van der Waals surface area contributed by atoms with Gasteiger partial charge in [0, 0.05) is 30.6 Å². The smallest absolute Gasteiger partial charge is 0.347 e. The number of cyclic esters (lactones) is 1. The fourth-order valence-electron chi connectivity index (χ4n) is 28.2. The predicted molar refractivity (Wildman–Crippen MR) is 563 cm³/mol. The number of rotatable bonds is 30. The Morgan fingerprint density at radius 3 is 1.14 bits per heavy atom. The summed E-state index contributed by atoms with van der Waals surface area (Å²) in [5.74, 6) is 6.47. The van der Waals surface area contributed by atoms with E-state index in [9.17, 15) is 67.7 Å². The van der Waals surface area contributed by atoms with Crippen molar-refractivity contribution in [1.29, 1.82) is 0 Å². The zero-order valence-corrected chi connectivity index (χ0v) is 97.3. The van der Waals surface area contributed by atoms with Gasteiger partial charge in [-0.05, 0) is 447 Å². The van der Waals surface area contributed by atoms with Gasteiger partial charge in [0.1, 0.15) is 34.1 Å². The molecule has 0 aromatic heterocycles. The van der Waals surface area contributed by atoms with Gasteiger partial charge < -0.3 is 72.5 Å². The Labute approximate surface area is 888 Å². The minimum Gasteiger partial charge on any atom is -0.481 e. The molecule has 17 unspecified atom stereocenters. The lowest BCUT2D eigenvalue weighted by Gasteiger charge is -2.61. The summed E-state index contributed by atoms with van der Waals surface area (Å²) in [6.45, 7) is 60.3. The van der Waals surface area contributed by atoms with Gasteiger partial charge in [0.25, 0.3) is 0 Å². The highest BCUT2D eigenvalue weighted by atomic mass is 16.7. The van der Waals surface area contributed by atoms with Gasteiger partial charge in [-0.2, -0.15) is 0 Å². The highest BCUT2D eigenvalue weighted by molar-refractivity contribution is 5.84. The maximum atomic E-state index is 12.7.